The molecule has 1 heterocycles. The molecule has 0 aromatic heterocycles. The highest BCUT2D eigenvalue weighted by Gasteiger charge is 2.19. The molecule has 0 saturated heterocycles. The maximum atomic E-state index is 11.0. The maximum Gasteiger partial charge on any atom is 0.407 e. The number of carbonyl (C=O) groups is 1. The van der Waals surface area contributed by atoms with Gasteiger partial charge in [-0.15, -0.1) is 11.8 Å². The van der Waals surface area contributed by atoms with Crippen molar-refractivity contribution in [2.45, 2.75) is 11.8 Å². The lowest BCUT2D eigenvalue weighted by Gasteiger charge is -2.32. The van der Waals surface area contributed by atoms with Gasteiger partial charge in [0.15, 0.2) is 0 Å². The summed E-state index contributed by atoms with van der Waals surface area (Å²) in [4.78, 5) is 15.8. The number of hydrogen-bond donors (Lipinski definition) is 2. The van der Waals surface area contributed by atoms with Gasteiger partial charge in [0.2, 0.25) is 0 Å². The predicted molar refractivity (Wildman–Crippen MR) is 79.1 cm³/mol. The predicted octanol–water partition coefficient (Wildman–Crippen LogP) is 2.18. The van der Waals surface area contributed by atoms with Crippen molar-refractivity contribution in [2.24, 2.45) is 0 Å². The summed E-state index contributed by atoms with van der Waals surface area (Å²) in [6, 6.07) is 5.92. The van der Waals surface area contributed by atoms with Crippen LogP contribution in [0.2, 0.25) is 0 Å². The number of rotatable bonds is 4. The molecule has 0 atom stereocenters. The van der Waals surface area contributed by atoms with E-state index in [2.05, 4.69) is 4.90 Å². The summed E-state index contributed by atoms with van der Waals surface area (Å²) in [5.74, 6) is 1.02. The zero-order valence-corrected chi connectivity index (χ0v) is 11.8. The number of nitrogens with two attached hydrogens (primary N) is 1. The van der Waals surface area contributed by atoms with Crippen molar-refractivity contribution in [3.05, 3.63) is 18.2 Å². The minimum absolute atomic E-state index is 0.516. The fraction of sp³-hybridized carbons (Fsp3) is 0.462. The molecule has 1 aliphatic rings. The summed E-state index contributed by atoms with van der Waals surface area (Å²) in [6.45, 7) is 4.52. The highest BCUT2D eigenvalue weighted by Crippen LogP contribution is 2.35. The molecule has 0 aliphatic carbocycles. The number of nitrogen functional groups attached to an aromatic ring is 1. The molecule has 3 N–H and O–H groups in total. The van der Waals surface area contributed by atoms with Crippen molar-refractivity contribution in [3.63, 3.8) is 0 Å². The third-order valence-corrected chi connectivity index (χ3v) is 4.28. The van der Waals surface area contributed by atoms with E-state index in [0.29, 0.717) is 19.6 Å². The molecule has 6 heteroatoms. The Morgan fingerprint density at radius 3 is 3.05 bits per heavy atom. The highest BCUT2D eigenvalue weighted by atomic mass is 32.2. The summed E-state index contributed by atoms with van der Waals surface area (Å²) in [7, 11) is 0. The number of thioether (sulfide) groups is 1. The second-order valence-electron chi connectivity index (χ2n) is 4.42. The fourth-order valence-electron chi connectivity index (χ4n) is 2.15. The fourth-order valence-corrected chi connectivity index (χ4v) is 3.18. The topological polar surface area (TPSA) is 69.8 Å². The lowest BCUT2D eigenvalue weighted by atomic mass is 10.2. The number of amides is 1. The van der Waals surface area contributed by atoms with Gasteiger partial charge in [0.1, 0.15) is 0 Å². The number of fused-ring (bicyclic) bond motifs is 1. The summed E-state index contributed by atoms with van der Waals surface area (Å²) in [5, 5.41) is 9.03. The molecular weight excluding hydrogens is 262 g/mol. The summed E-state index contributed by atoms with van der Waals surface area (Å²) < 4.78 is 0. The lowest BCUT2D eigenvalue weighted by Crippen LogP contribution is -2.39. The smallest absolute Gasteiger partial charge is 0.407 e. The van der Waals surface area contributed by atoms with Gasteiger partial charge in [-0.05, 0) is 25.1 Å². The van der Waals surface area contributed by atoms with E-state index >= 15 is 0 Å². The SMILES string of the molecule is CCN(CCN1CCSc2ccc(N)cc21)C(=O)O. The first-order chi connectivity index (χ1) is 9.11. The third kappa shape index (κ3) is 3.26. The Morgan fingerprint density at radius 2 is 2.37 bits per heavy atom. The second-order valence-corrected chi connectivity index (χ2v) is 5.56. The van der Waals surface area contributed by atoms with E-state index in [1.807, 2.05) is 36.9 Å². The minimum atomic E-state index is -0.860. The van der Waals surface area contributed by atoms with E-state index in [1.165, 1.54) is 9.80 Å². The number of benzene rings is 1. The molecule has 1 aromatic carbocycles. The van der Waals surface area contributed by atoms with Crippen LogP contribution in [0.1, 0.15) is 6.92 Å². The Labute approximate surface area is 117 Å². The zero-order valence-electron chi connectivity index (χ0n) is 11.0. The van der Waals surface area contributed by atoms with Crippen LogP contribution in [0.3, 0.4) is 0 Å². The van der Waals surface area contributed by atoms with Crippen LogP contribution in [0, 0.1) is 0 Å². The van der Waals surface area contributed by atoms with Crippen LogP contribution in [0.5, 0.6) is 0 Å². The van der Waals surface area contributed by atoms with Gasteiger partial charge in [-0.25, -0.2) is 4.79 Å². The average Bonchev–Trinajstić information content (AvgIpc) is 2.39. The molecule has 19 heavy (non-hydrogen) atoms. The molecule has 104 valence electrons. The van der Waals surface area contributed by atoms with Crippen LogP contribution in [-0.2, 0) is 0 Å². The molecule has 0 fully saturated rings. The van der Waals surface area contributed by atoms with Crippen molar-refractivity contribution in [1.82, 2.24) is 4.90 Å². The summed E-state index contributed by atoms with van der Waals surface area (Å²) in [5.41, 5.74) is 7.70. The van der Waals surface area contributed by atoms with Crippen molar-refractivity contribution >= 4 is 29.2 Å². The van der Waals surface area contributed by atoms with E-state index in [0.717, 1.165) is 23.7 Å². The van der Waals surface area contributed by atoms with E-state index in [-0.39, 0.29) is 0 Å². The Hall–Kier alpha value is -1.56. The van der Waals surface area contributed by atoms with Gasteiger partial charge in [-0.1, -0.05) is 0 Å². The van der Waals surface area contributed by atoms with Gasteiger partial charge >= 0.3 is 6.09 Å². The summed E-state index contributed by atoms with van der Waals surface area (Å²) >= 11 is 1.82. The molecule has 0 radical (unpaired) electrons. The molecule has 1 amide bonds. The molecule has 2 rings (SSSR count). The number of likely N-dealkylation sites (N-methyl/N-ethyl adjacent to an activating group) is 1. The van der Waals surface area contributed by atoms with Crippen LogP contribution in [0.4, 0.5) is 16.2 Å². The molecule has 0 spiro atoms. The van der Waals surface area contributed by atoms with Gasteiger partial charge < -0.3 is 20.6 Å². The monoisotopic (exact) mass is 281 g/mol. The first kappa shape index (κ1) is 13.9. The van der Waals surface area contributed by atoms with E-state index < -0.39 is 6.09 Å². The zero-order chi connectivity index (χ0) is 13.8. The number of anilines is 2. The van der Waals surface area contributed by atoms with Crippen molar-refractivity contribution in [3.8, 4) is 0 Å². The first-order valence-corrected chi connectivity index (χ1v) is 7.35. The van der Waals surface area contributed by atoms with Gasteiger partial charge in [0.25, 0.3) is 0 Å². The van der Waals surface area contributed by atoms with Crippen molar-refractivity contribution in [2.75, 3.05) is 42.6 Å². The molecule has 1 aliphatic heterocycles. The maximum absolute atomic E-state index is 11.0. The highest BCUT2D eigenvalue weighted by molar-refractivity contribution is 7.99. The molecule has 5 nitrogen and oxygen atoms in total. The normalized spacial score (nSPS) is 14.1. The van der Waals surface area contributed by atoms with Crippen LogP contribution in [0.15, 0.2) is 23.1 Å². The third-order valence-electron chi connectivity index (χ3n) is 3.23. The van der Waals surface area contributed by atoms with Crippen molar-refractivity contribution in [1.29, 1.82) is 0 Å². The number of hydrogen-bond acceptors (Lipinski definition) is 4. The molecule has 0 unspecified atom stereocenters. The van der Waals surface area contributed by atoms with Gasteiger partial charge in [0.05, 0.1) is 5.69 Å². The van der Waals surface area contributed by atoms with Crippen LogP contribution in [-0.4, -0.2) is 48.0 Å². The minimum Gasteiger partial charge on any atom is -0.465 e. The van der Waals surface area contributed by atoms with E-state index in [9.17, 15) is 4.79 Å². The molecule has 0 bridgehead atoms. The van der Waals surface area contributed by atoms with E-state index in [4.69, 9.17) is 10.8 Å². The van der Waals surface area contributed by atoms with Gasteiger partial charge in [0, 0.05) is 42.5 Å². The van der Waals surface area contributed by atoms with Crippen LogP contribution in [0.25, 0.3) is 0 Å². The first-order valence-electron chi connectivity index (χ1n) is 6.37. The second kappa shape index (κ2) is 6.06. The van der Waals surface area contributed by atoms with Crippen LogP contribution >= 0.6 is 11.8 Å². The summed E-state index contributed by atoms with van der Waals surface area (Å²) in [6.07, 6.45) is -0.860. The average molecular weight is 281 g/mol. The number of nitrogens with zero attached hydrogens (tertiary/aromatic N) is 2. The standard InChI is InChI=1S/C13H19N3O2S/c1-2-15(13(17)18)5-6-16-7-8-19-12-4-3-10(14)9-11(12)16/h3-4,9H,2,5-8,14H2,1H3,(H,17,18). The van der Waals surface area contributed by atoms with Gasteiger partial charge in [-0.2, -0.15) is 0 Å². The van der Waals surface area contributed by atoms with E-state index in [1.54, 1.807) is 0 Å². The Morgan fingerprint density at radius 1 is 1.58 bits per heavy atom. The van der Waals surface area contributed by atoms with Crippen molar-refractivity contribution < 1.29 is 9.90 Å². The molecule has 0 saturated carbocycles. The number of carboxylic acid groups (broad SMARTS) is 1. The molecular formula is C13H19N3O2S. The molecule has 1 aromatic rings. The van der Waals surface area contributed by atoms with Gasteiger partial charge in [-0.3, -0.25) is 0 Å². The largest absolute Gasteiger partial charge is 0.465 e. The lowest BCUT2D eigenvalue weighted by molar-refractivity contribution is 0.149. The Bertz CT molecular complexity index is 467. The van der Waals surface area contributed by atoms with Crippen LogP contribution < -0.4 is 10.6 Å². The Kier molecular flexibility index (Phi) is 4.42. The quantitative estimate of drug-likeness (QED) is 0.828. The Balaban J connectivity index is 2.07.